The van der Waals surface area contributed by atoms with Crippen LogP contribution in [0.5, 0.6) is 5.75 Å². The SMILES string of the molecule is COc1ccc(/C(C(=O)C(=O)c2ccc(Cl)cc2)=C(\C#N)c2ccccc2)cc1. The van der Waals surface area contributed by atoms with Crippen molar-refractivity contribution in [1.29, 1.82) is 5.26 Å². The molecule has 5 heteroatoms. The van der Waals surface area contributed by atoms with Crippen molar-refractivity contribution in [2.45, 2.75) is 0 Å². The number of nitrogens with zero attached hydrogens (tertiary/aromatic N) is 1. The van der Waals surface area contributed by atoms with E-state index in [0.29, 0.717) is 21.9 Å². The topological polar surface area (TPSA) is 67.2 Å². The molecule has 3 aromatic rings. The molecule has 4 nitrogen and oxygen atoms in total. The monoisotopic (exact) mass is 401 g/mol. The Morgan fingerprint density at radius 2 is 1.41 bits per heavy atom. The van der Waals surface area contributed by atoms with Crippen molar-refractivity contribution in [2.24, 2.45) is 0 Å². The van der Waals surface area contributed by atoms with E-state index in [0.717, 1.165) is 0 Å². The standard InChI is InChI=1S/C24H16ClNO3/c1-29-20-13-9-17(10-14-20)22(21(15-26)16-5-3-2-4-6-16)24(28)23(27)18-7-11-19(25)12-8-18/h2-14H,1H3/b22-21-. The molecular formula is C24H16ClNO3. The number of rotatable bonds is 6. The Balaban J connectivity index is 2.17. The molecule has 3 aromatic carbocycles. The lowest BCUT2D eigenvalue weighted by Gasteiger charge is -2.11. The summed E-state index contributed by atoms with van der Waals surface area (Å²) < 4.78 is 5.16. The first-order valence-electron chi connectivity index (χ1n) is 8.74. The van der Waals surface area contributed by atoms with Crippen molar-refractivity contribution in [3.8, 4) is 11.8 Å². The second-order valence-corrected chi connectivity index (χ2v) is 6.56. The molecule has 0 fully saturated rings. The molecule has 0 aliphatic rings. The average Bonchev–Trinajstić information content (AvgIpc) is 2.77. The molecule has 0 atom stereocenters. The number of allylic oxidation sites excluding steroid dienone is 2. The van der Waals surface area contributed by atoms with Gasteiger partial charge >= 0.3 is 0 Å². The summed E-state index contributed by atoms with van der Waals surface area (Å²) in [6, 6.07) is 23.6. The highest BCUT2D eigenvalue weighted by Crippen LogP contribution is 2.29. The third-order valence-corrected chi connectivity index (χ3v) is 4.59. The molecule has 0 unspecified atom stereocenters. The molecule has 0 saturated carbocycles. The Kier molecular flexibility index (Phi) is 6.23. The first kappa shape index (κ1) is 20.1. The number of hydrogen-bond acceptors (Lipinski definition) is 4. The van der Waals surface area contributed by atoms with Gasteiger partial charge in [0.05, 0.1) is 18.3 Å². The van der Waals surface area contributed by atoms with E-state index >= 15 is 0 Å². The van der Waals surface area contributed by atoms with Crippen LogP contribution in [-0.2, 0) is 4.79 Å². The number of methoxy groups -OCH3 is 1. The van der Waals surface area contributed by atoms with Gasteiger partial charge in [0.25, 0.3) is 0 Å². The average molecular weight is 402 g/mol. The maximum atomic E-state index is 13.2. The number of hydrogen-bond donors (Lipinski definition) is 0. The molecule has 0 bridgehead atoms. The number of Topliss-reactive ketones (excluding diaryl/α,β-unsaturated/α-hetero) is 2. The van der Waals surface area contributed by atoms with Crippen LogP contribution in [0.2, 0.25) is 5.02 Å². The van der Waals surface area contributed by atoms with Crippen LogP contribution >= 0.6 is 11.6 Å². The maximum Gasteiger partial charge on any atom is 0.235 e. The zero-order chi connectivity index (χ0) is 20.8. The second-order valence-electron chi connectivity index (χ2n) is 6.12. The molecule has 29 heavy (non-hydrogen) atoms. The van der Waals surface area contributed by atoms with Crippen molar-refractivity contribution in [1.82, 2.24) is 0 Å². The minimum atomic E-state index is -0.766. The van der Waals surface area contributed by atoms with E-state index in [1.54, 1.807) is 60.7 Å². The summed E-state index contributed by atoms with van der Waals surface area (Å²) in [5, 5.41) is 10.3. The van der Waals surface area contributed by atoms with Gasteiger partial charge in [-0.2, -0.15) is 5.26 Å². The van der Waals surface area contributed by atoms with Gasteiger partial charge in [-0.3, -0.25) is 9.59 Å². The summed E-state index contributed by atoms with van der Waals surface area (Å²) in [6.07, 6.45) is 0. The van der Waals surface area contributed by atoms with Crippen molar-refractivity contribution in [3.63, 3.8) is 0 Å². The van der Waals surface area contributed by atoms with E-state index in [-0.39, 0.29) is 16.7 Å². The first-order chi connectivity index (χ1) is 14.0. The molecule has 0 N–H and O–H groups in total. The van der Waals surface area contributed by atoms with Crippen molar-refractivity contribution < 1.29 is 14.3 Å². The van der Waals surface area contributed by atoms with Crippen molar-refractivity contribution in [3.05, 3.63) is 101 Å². The fraction of sp³-hybridized carbons (Fsp3) is 0.0417. The summed E-state index contributed by atoms with van der Waals surface area (Å²) in [7, 11) is 1.53. The fourth-order valence-corrected chi connectivity index (χ4v) is 2.99. The summed E-state index contributed by atoms with van der Waals surface area (Å²) in [6.45, 7) is 0. The highest BCUT2D eigenvalue weighted by Gasteiger charge is 2.26. The minimum Gasteiger partial charge on any atom is -0.497 e. The minimum absolute atomic E-state index is 0.0429. The molecule has 0 aliphatic heterocycles. The zero-order valence-electron chi connectivity index (χ0n) is 15.6. The molecular weight excluding hydrogens is 386 g/mol. The maximum absolute atomic E-state index is 13.2. The Morgan fingerprint density at radius 3 is 1.97 bits per heavy atom. The molecule has 142 valence electrons. The van der Waals surface area contributed by atoms with Crippen LogP contribution in [0.25, 0.3) is 11.1 Å². The molecule has 0 radical (unpaired) electrons. The molecule has 0 amide bonds. The highest BCUT2D eigenvalue weighted by molar-refractivity contribution is 6.60. The lowest BCUT2D eigenvalue weighted by molar-refractivity contribution is -0.110. The zero-order valence-corrected chi connectivity index (χ0v) is 16.3. The van der Waals surface area contributed by atoms with Crippen LogP contribution in [-0.4, -0.2) is 18.7 Å². The van der Waals surface area contributed by atoms with E-state index in [1.165, 1.54) is 19.2 Å². The van der Waals surface area contributed by atoms with Gasteiger partial charge in [0.2, 0.25) is 11.6 Å². The van der Waals surface area contributed by atoms with E-state index in [1.807, 2.05) is 6.07 Å². The molecule has 0 saturated heterocycles. The van der Waals surface area contributed by atoms with Gasteiger partial charge in [0.1, 0.15) is 11.8 Å². The fourth-order valence-electron chi connectivity index (χ4n) is 2.86. The highest BCUT2D eigenvalue weighted by atomic mass is 35.5. The van der Waals surface area contributed by atoms with Crippen molar-refractivity contribution >= 4 is 34.3 Å². The molecule has 3 rings (SSSR count). The van der Waals surface area contributed by atoms with Gasteiger partial charge in [0, 0.05) is 10.6 Å². The van der Waals surface area contributed by atoms with Gasteiger partial charge in [-0.05, 0) is 47.5 Å². The van der Waals surface area contributed by atoms with E-state index in [4.69, 9.17) is 16.3 Å². The normalized spacial score (nSPS) is 11.2. The largest absolute Gasteiger partial charge is 0.497 e. The van der Waals surface area contributed by atoms with Gasteiger partial charge in [0.15, 0.2) is 0 Å². The van der Waals surface area contributed by atoms with E-state index < -0.39 is 11.6 Å². The smallest absolute Gasteiger partial charge is 0.235 e. The van der Waals surface area contributed by atoms with Crippen LogP contribution in [0.3, 0.4) is 0 Å². The summed E-state index contributed by atoms with van der Waals surface area (Å²) in [5.74, 6) is -0.878. The van der Waals surface area contributed by atoms with Gasteiger partial charge in [-0.25, -0.2) is 0 Å². The Labute approximate surface area is 173 Å². The number of carbonyl (C=O) groups excluding carboxylic acids is 2. The van der Waals surface area contributed by atoms with Crippen LogP contribution in [0, 0.1) is 11.3 Å². The summed E-state index contributed by atoms with van der Waals surface area (Å²) in [5.41, 5.74) is 1.39. The van der Waals surface area contributed by atoms with Crippen LogP contribution in [0.4, 0.5) is 0 Å². The van der Waals surface area contributed by atoms with E-state index in [9.17, 15) is 14.9 Å². The Hall–Kier alpha value is -3.68. The Morgan fingerprint density at radius 1 is 0.828 bits per heavy atom. The number of carbonyl (C=O) groups is 2. The van der Waals surface area contributed by atoms with E-state index in [2.05, 4.69) is 6.07 Å². The lowest BCUT2D eigenvalue weighted by atomic mass is 9.89. The van der Waals surface area contributed by atoms with Crippen LogP contribution in [0.15, 0.2) is 78.9 Å². The number of ketones is 2. The van der Waals surface area contributed by atoms with Gasteiger partial charge in [-0.15, -0.1) is 0 Å². The van der Waals surface area contributed by atoms with Gasteiger partial charge in [-0.1, -0.05) is 54.1 Å². The molecule has 0 aromatic heterocycles. The lowest BCUT2D eigenvalue weighted by Crippen LogP contribution is -2.17. The van der Waals surface area contributed by atoms with Gasteiger partial charge < -0.3 is 4.74 Å². The van der Waals surface area contributed by atoms with Crippen LogP contribution in [0.1, 0.15) is 21.5 Å². The number of benzene rings is 3. The molecule has 0 spiro atoms. The predicted octanol–water partition coefficient (Wildman–Crippen LogP) is 5.23. The number of halogens is 1. The van der Waals surface area contributed by atoms with Crippen LogP contribution < -0.4 is 4.74 Å². The molecule has 0 heterocycles. The summed E-state index contributed by atoms with van der Waals surface area (Å²) in [4.78, 5) is 26.1. The third-order valence-electron chi connectivity index (χ3n) is 4.34. The quantitative estimate of drug-likeness (QED) is 0.186. The Bertz CT molecular complexity index is 1110. The number of ether oxygens (including phenoxy) is 1. The number of nitriles is 1. The van der Waals surface area contributed by atoms with Crippen molar-refractivity contribution in [2.75, 3.05) is 7.11 Å². The molecule has 0 aliphatic carbocycles. The first-order valence-corrected chi connectivity index (χ1v) is 9.11. The second kappa shape index (κ2) is 9.01. The third kappa shape index (κ3) is 4.43. The summed E-state index contributed by atoms with van der Waals surface area (Å²) >= 11 is 5.88. The predicted molar refractivity (Wildman–Crippen MR) is 113 cm³/mol.